The molecule has 1 saturated heterocycles. The molecule has 1 aliphatic heterocycles. The minimum Gasteiger partial charge on any atom is -0.322 e. The van der Waals surface area contributed by atoms with Crippen LogP contribution in [0, 0.1) is 37.5 Å². The smallest absolute Gasteiger partial charge is 0.255 e. The number of allylic oxidation sites excluding steroid dienone is 2. The van der Waals surface area contributed by atoms with Gasteiger partial charge in [-0.15, -0.1) is 0 Å². The molecule has 1 saturated carbocycles. The predicted molar refractivity (Wildman–Crippen MR) is 111 cm³/mol. The Hall–Kier alpha value is -3.21. The van der Waals surface area contributed by atoms with Crippen LogP contribution in [0.4, 0.5) is 11.4 Å². The van der Waals surface area contributed by atoms with Gasteiger partial charge in [0.2, 0.25) is 11.8 Å². The molecule has 2 aliphatic carbocycles. The number of aryl methyl sites for hydroxylation is 2. The van der Waals surface area contributed by atoms with Gasteiger partial charge in [-0.1, -0.05) is 18.2 Å². The van der Waals surface area contributed by atoms with Crippen LogP contribution >= 0.6 is 0 Å². The van der Waals surface area contributed by atoms with E-state index in [1.807, 2.05) is 32.0 Å². The fourth-order valence-corrected chi connectivity index (χ4v) is 4.94. The Balaban J connectivity index is 1.34. The molecule has 0 unspecified atom stereocenters. The molecule has 1 N–H and O–H groups in total. The van der Waals surface area contributed by atoms with Crippen molar-refractivity contribution in [1.29, 1.82) is 0 Å². The summed E-state index contributed by atoms with van der Waals surface area (Å²) in [6, 6.07) is 12.5. The minimum absolute atomic E-state index is 0.107. The molecule has 5 rings (SSSR count). The van der Waals surface area contributed by atoms with Crippen molar-refractivity contribution in [3.63, 3.8) is 0 Å². The van der Waals surface area contributed by atoms with Gasteiger partial charge in [0, 0.05) is 11.3 Å². The summed E-state index contributed by atoms with van der Waals surface area (Å²) in [5.41, 5.74) is 4.03. The van der Waals surface area contributed by atoms with Crippen molar-refractivity contribution < 1.29 is 14.4 Å². The number of hydrogen-bond acceptors (Lipinski definition) is 3. The van der Waals surface area contributed by atoms with Crippen LogP contribution in [-0.4, -0.2) is 17.7 Å². The summed E-state index contributed by atoms with van der Waals surface area (Å²) in [6.45, 7) is 4.02. The number of nitrogens with zero attached hydrogens (tertiary/aromatic N) is 1. The lowest BCUT2D eigenvalue weighted by atomic mass is 9.85. The summed E-state index contributed by atoms with van der Waals surface area (Å²) in [5.74, 6) is -0.495. The number of amides is 3. The normalized spacial score (nSPS) is 26.9. The monoisotopic (exact) mass is 386 g/mol. The van der Waals surface area contributed by atoms with Crippen molar-refractivity contribution in [1.82, 2.24) is 0 Å². The number of imide groups is 1. The first kappa shape index (κ1) is 17.9. The van der Waals surface area contributed by atoms with Crippen LogP contribution in [0.5, 0.6) is 0 Å². The maximum atomic E-state index is 12.9. The molecular formula is C24H22N2O3. The fraction of sp³-hybridized carbons (Fsp3) is 0.292. The average molecular weight is 386 g/mol. The molecule has 2 fully saturated rings. The van der Waals surface area contributed by atoms with Crippen molar-refractivity contribution in [3.8, 4) is 0 Å². The summed E-state index contributed by atoms with van der Waals surface area (Å²) in [4.78, 5) is 39.7. The fourth-order valence-electron chi connectivity index (χ4n) is 4.94. The first-order valence-corrected chi connectivity index (χ1v) is 9.99. The van der Waals surface area contributed by atoms with Gasteiger partial charge in [0.15, 0.2) is 0 Å². The zero-order chi connectivity index (χ0) is 20.3. The molecule has 3 aliphatic rings. The van der Waals surface area contributed by atoms with Crippen LogP contribution in [0.3, 0.4) is 0 Å². The second-order valence-electron chi connectivity index (χ2n) is 8.31. The topological polar surface area (TPSA) is 66.5 Å². The van der Waals surface area contributed by atoms with Gasteiger partial charge in [-0.2, -0.15) is 0 Å². The quantitative estimate of drug-likeness (QED) is 0.643. The van der Waals surface area contributed by atoms with E-state index >= 15 is 0 Å². The van der Waals surface area contributed by atoms with Gasteiger partial charge < -0.3 is 5.32 Å². The Morgan fingerprint density at radius 3 is 2.10 bits per heavy atom. The van der Waals surface area contributed by atoms with Crippen molar-refractivity contribution in [2.45, 2.75) is 20.3 Å². The third-order valence-corrected chi connectivity index (χ3v) is 6.62. The summed E-state index contributed by atoms with van der Waals surface area (Å²) >= 11 is 0. The van der Waals surface area contributed by atoms with Gasteiger partial charge in [0.05, 0.1) is 17.5 Å². The maximum Gasteiger partial charge on any atom is 0.255 e. The number of carbonyl (C=O) groups is 3. The molecule has 3 amide bonds. The van der Waals surface area contributed by atoms with Gasteiger partial charge in [-0.3, -0.25) is 19.3 Å². The number of carbonyl (C=O) groups excluding carboxylic acids is 3. The van der Waals surface area contributed by atoms with E-state index in [-0.39, 0.29) is 41.4 Å². The number of hydrogen-bond donors (Lipinski definition) is 1. The summed E-state index contributed by atoms with van der Waals surface area (Å²) < 4.78 is 0. The largest absolute Gasteiger partial charge is 0.322 e. The van der Waals surface area contributed by atoms with Crippen LogP contribution in [0.15, 0.2) is 54.6 Å². The van der Waals surface area contributed by atoms with Gasteiger partial charge >= 0.3 is 0 Å². The van der Waals surface area contributed by atoms with Crippen molar-refractivity contribution in [2.75, 3.05) is 10.2 Å². The van der Waals surface area contributed by atoms with Crippen LogP contribution in [-0.2, 0) is 9.59 Å². The first-order valence-electron chi connectivity index (χ1n) is 9.99. The van der Waals surface area contributed by atoms with E-state index in [9.17, 15) is 14.4 Å². The van der Waals surface area contributed by atoms with Crippen LogP contribution in [0.2, 0.25) is 0 Å². The first-order chi connectivity index (χ1) is 13.9. The number of anilines is 2. The second-order valence-corrected chi connectivity index (χ2v) is 8.31. The molecule has 2 bridgehead atoms. The van der Waals surface area contributed by atoms with Crippen molar-refractivity contribution in [2.24, 2.45) is 23.7 Å². The van der Waals surface area contributed by atoms with Crippen molar-refractivity contribution >= 4 is 29.1 Å². The standard InChI is InChI=1S/C24H22N2O3/c1-13-3-8-18(11-14(13)2)25-22(27)15-6-9-19(10-7-15)26-23(28)20-16-4-5-17(12-16)21(20)24(26)29/h3-11,16-17,20-21H,12H2,1-2H3,(H,25,27)/t16-,17-,20+,21+/m0/s1. The maximum absolute atomic E-state index is 12.9. The molecule has 0 radical (unpaired) electrons. The van der Waals surface area contributed by atoms with E-state index in [1.54, 1.807) is 24.3 Å². The molecule has 0 spiro atoms. The highest BCUT2D eigenvalue weighted by Gasteiger charge is 2.59. The van der Waals surface area contributed by atoms with Gasteiger partial charge in [0.1, 0.15) is 0 Å². The summed E-state index contributed by atoms with van der Waals surface area (Å²) in [7, 11) is 0. The van der Waals surface area contributed by atoms with E-state index in [0.29, 0.717) is 11.3 Å². The molecule has 5 nitrogen and oxygen atoms in total. The summed E-state index contributed by atoms with van der Waals surface area (Å²) in [6.07, 6.45) is 5.08. The Morgan fingerprint density at radius 1 is 0.897 bits per heavy atom. The highest BCUT2D eigenvalue weighted by atomic mass is 16.2. The van der Waals surface area contributed by atoms with E-state index in [0.717, 1.165) is 17.7 Å². The van der Waals surface area contributed by atoms with Crippen LogP contribution in [0.1, 0.15) is 27.9 Å². The predicted octanol–water partition coefficient (Wildman–Crippen LogP) is 3.87. The molecular weight excluding hydrogens is 364 g/mol. The van der Waals surface area contributed by atoms with E-state index in [2.05, 4.69) is 17.5 Å². The van der Waals surface area contributed by atoms with Crippen molar-refractivity contribution in [3.05, 3.63) is 71.3 Å². The zero-order valence-electron chi connectivity index (χ0n) is 16.4. The second kappa shape index (κ2) is 6.41. The van der Waals surface area contributed by atoms with Gasteiger partial charge in [-0.05, 0) is 79.6 Å². The molecule has 146 valence electrons. The van der Waals surface area contributed by atoms with Gasteiger partial charge in [0.25, 0.3) is 5.91 Å². The number of nitrogens with one attached hydrogen (secondary N) is 1. The molecule has 2 aromatic rings. The van der Waals surface area contributed by atoms with E-state index in [4.69, 9.17) is 0 Å². The van der Waals surface area contributed by atoms with E-state index in [1.165, 1.54) is 10.5 Å². The minimum atomic E-state index is -0.224. The third kappa shape index (κ3) is 2.72. The number of benzene rings is 2. The molecule has 29 heavy (non-hydrogen) atoms. The van der Waals surface area contributed by atoms with E-state index < -0.39 is 0 Å². The third-order valence-electron chi connectivity index (χ3n) is 6.62. The number of rotatable bonds is 3. The highest BCUT2D eigenvalue weighted by Crippen LogP contribution is 2.53. The summed E-state index contributed by atoms with van der Waals surface area (Å²) in [5, 5.41) is 2.89. The Kier molecular flexibility index (Phi) is 3.95. The van der Waals surface area contributed by atoms with Crippen LogP contribution in [0.25, 0.3) is 0 Å². The molecule has 2 aromatic carbocycles. The molecule has 4 atom stereocenters. The molecule has 1 heterocycles. The van der Waals surface area contributed by atoms with Gasteiger partial charge in [-0.25, -0.2) is 0 Å². The Bertz CT molecular complexity index is 1040. The molecule has 5 heteroatoms. The highest BCUT2D eigenvalue weighted by molar-refractivity contribution is 6.23. The SMILES string of the molecule is Cc1ccc(NC(=O)c2ccc(N3C(=O)[C@H]4[C@H](C3=O)[C@H]3C=C[C@H]4C3)cc2)cc1C. The Morgan fingerprint density at radius 2 is 1.52 bits per heavy atom. The lowest BCUT2D eigenvalue weighted by Crippen LogP contribution is -2.32. The van der Waals surface area contributed by atoms with Crippen LogP contribution < -0.4 is 10.2 Å². The number of fused-ring (bicyclic) bond motifs is 5. The molecule has 0 aromatic heterocycles. The average Bonchev–Trinajstić information content (AvgIpc) is 3.39. The lowest BCUT2D eigenvalue weighted by Gasteiger charge is -2.17. The Labute approximate surface area is 169 Å². The lowest BCUT2D eigenvalue weighted by molar-refractivity contribution is -0.123. The zero-order valence-corrected chi connectivity index (χ0v) is 16.4.